The highest BCUT2D eigenvalue weighted by Gasteiger charge is 2.17. The third kappa shape index (κ3) is 3.28. The Morgan fingerprint density at radius 1 is 1.62 bits per heavy atom. The number of aliphatic hydroxyl groups is 1. The first-order chi connectivity index (χ1) is 7.56. The van der Waals surface area contributed by atoms with Gasteiger partial charge >= 0.3 is 5.97 Å². The molecule has 1 rings (SSSR count). The molecule has 0 unspecified atom stereocenters. The smallest absolute Gasteiger partial charge is 0.341 e. The molecule has 0 spiro atoms. The summed E-state index contributed by atoms with van der Waals surface area (Å²) >= 11 is 1.53. The summed E-state index contributed by atoms with van der Waals surface area (Å²) in [6.07, 6.45) is 1.08. The SMILES string of the molecule is COC(=O)c1ccoc1CS[C@@H](C)[C@H](C)O. The molecule has 2 atom stereocenters. The van der Waals surface area contributed by atoms with Crippen molar-refractivity contribution >= 4 is 17.7 Å². The van der Waals surface area contributed by atoms with Crippen molar-refractivity contribution in [2.45, 2.75) is 31.0 Å². The van der Waals surface area contributed by atoms with Crippen LogP contribution in [0, 0.1) is 0 Å². The van der Waals surface area contributed by atoms with Crippen LogP contribution in [0.15, 0.2) is 16.7 Å². The Morgan fingerprint density at radius 3 is 2.88 bits per heavy atom. The summed E-state index contributed by atoms with van der Waals surface area (Å²) in [4.78, 5) is 11.3. The van der Waals surface area contributed by atoms with Crippen molar-refractivity contribution < 1.29 is 19.1 Å². The lowest BCUT2D eigenvalue weighted by Crippen LogP contribution is -2.15. The quantitative estimate of drug-likeness (QED) is 0.803. The van der Waals surface area contributed by atoms with Crippen LogP contribution in [0.5, 0.6) is 0 Å². The van der Waals surface area contributed by atoms with Crippen molar-refractivity contribution in [2.24, 2.45) is 0 Å². The van der Waals surface area contributed by atoms with Gasteiger partial charge in [-0.1, -0.05) is 6.92 Å². The Hall–Kier alpha value is -0.940. The Morgan fingerprint density at radius 2 is 2.31 bits per heavy atom. The van der Waals surface area contributed by atoms with E-state index in [-0.39, 0.29) is 11.4 Å². The second-order valence-corrected chi connectivity index (χ2v) is 4.87. The lowest BCUT2D eigenvalue weighted by molar-refractivity contribution is 0.0598. The van der Waals surface area contributed by atoms with E-state index in [4.69, 9.17) is 4.42 Å². The van der Waals surface area contributed by atoms with Gasteiger partial charge in [-0.25, -0.2) is 4.79 Å². The van der Waals surface area contributed by atoms with Gasteiger partial charge in [-0.15, -0.1) is 11.8 Å². The highest BCUT2D eigenvalue weighted by Crippen LogP contribution is 2.23. The number of ether oxygens (including phenoxy) is 1. The second-order valence-electron chi connectivity index (χ2n) is 3.51. The topological polar surface area (TPSA) is 59.7 Å². The summed E-state index contributed by atoms with van der Waals surface area (Å²) in [6, 6.07) is 1.59. The number of esters is 1. The molecule has 0 fully saturated rings. The van der Waals surface area contributed by atoms with Gasteiger partial charge in [0.05, 0.1) is 25.2 Å². The summed E-state index contributed by atoms with van der Waals surface area (Å²) in [6.45, 7) is 3.66. The van der Waals surface area contributed by atoms with Gasteiger partial charge in [0.25, 0.3) is 0 Å². The minimum Gasteiger partial charge on any atom is -0.468 e. The average molecular weight is 244 g/mol. The van der Waals surface area contributed by atoms with Crippen LogP contribution in [0.2, 0.25) is 0 Å². The maximum Gasteiger partial charge on any atom is 0.341 e. The minimum absolute atomic E-state index is 0.0931. The molecule has 1 heterocycles. The molecular weight excluding hydrogens is 228 g/mol. The molecule has 0 amide bonds. The van der Waals surface area contributed by atoms with Crippen LogP contribution < -0.4 is 0 Å². The van der Waals surface area contributed by atoms with Gasteiger partial charge in [0.2, 0.25) is 0 Å². The lowest BCUT2D eigenvalue weighted by atomic mass is 10.3. The van der Waals surface area contributed by atoms with Gasteiger partial charge in [0.1, 0.15) is 11.3 Å². The van der Waals surface area contributed by atoms with E-state index in [0.29, 0.717) is 17.1 Å². The first-order valence-electron chi connectivity index (χ1n) is 5.00. The largest absolute Gasteiger partial charge is 0.468 e. The number of carbonyl (C=O) groups is 1. The number of carbonyl (C=O) groups excluding carboxylic acids is 1. The second kappa shape index (κ2) is 5.96. The zero-order valence-electron chi connectivity index (χ0n) is 9.60. The van der Waals surface area contributed by atoms with Crippen molar-refractivity contribution in [1.82, 2.24) is 0 Å². The van der Waals surface area contributed by atoms with Crippen molar-refractivity contribution in [1.29, 1.82) is 0 Å². The molecule has 0 bridgehead atoms. The molecule has 16 heavy (non-hydrogen) atoms. The Bertz CT molecular complexity index is 346. The third-order valence-corrected chi connectivity index (χ3v) is 3.66. The van der Waals surface area contributed by atoms with E-state index in [2.05, 4.69) is 4.74 Å². The van der Waals surface area contributed by atoms with Crippen LogP contribution in [-0.4, -0.2) is 29.5 Å². The summed E-state index contributed by atoms with van der Waals surface area (Å²) < 4.78 is 9.85. The Balaban J connectivity index is 2.61. The van der Waals surface area contributed by atoms with Gasteiger partial charge in [-0.05, 0) is 13.0 Å². The van der Waals surface area contributed by atoms with Crippen LogP contribution in [0.4, 0.5) is 0 Å². The standard InChI is InChI=1S/C11H16O4S/c1-7(12)8(2)16-6-10-9(4-5-15-10)11(13)14-3/h4-5,7-8,12H,6H2,1-3H3/t7-,8-/m0/s1. The number of thioether (sulfide) groups is 1. The Kier molecular flexibility index (Phi) is 4.89. The predicted molar refractivity (Wildman–Crippen MR) is 62.5 cm³/mol. The van der Waals surface area contributed by atoms with E-state index in [1.54, 1.807) is 13.0 Å². The third-order valence-electron chi connectivity index (χ3n) is 2.31. The molecule has 0 aliphatic rings. The fourth-order valence-electron chi connectivity index (χ4n) is 1.09. The summed E-state index contributed by atoms with van der Waals surface area (Å²) in [5, 5.41) is 9.42. The summed E-state index contributed by atoms with van der Waals surface area (Å²) in [5.74, 6) is 0.738. The van der Waals surface area contributed by atoms with Crippen LogP contribution in [0.3, 0.4) is 0 Å². The van der Waals surface area contributed by atoms with Crippen LogP contribution in [0.1, 0.15) is 30.0 Å². The molecule has 5 heteroatoms. The predicted octanol–water partition coefficient (Wildman–Crippen LogP) is 2.07. The lowest BCUT2D eigenvalue weighted by Gasteiger charge is -2.13. The van der Waals surface area contributed by atoms with Crippen LogP contribution in [-0.2, 0) is 10.5 Å². The molecule has 0 aliphatic heterocycles. The average Bonchev–Trinajstić information content (AvgIpc) is 2.72. The summed E-state index contributed by atoms with van der Waals surface area (Å²) in [5.41, 5.74) is 0.452. The molecule has 90 valence electrons. The minimum atomic E-state index is -0.394. The number of aliphatic hydroxyl groups excluding tert-OH is 1. The van der Waals surface area contributed by atoms with E-state index in [1.807, 2.05) is 6.92 Å². The number of furan rings is 1. The maximum absolute atomic E-state index is 11.3. The van der Waals surface area contributed by atoms with E-state index in [1.165, 1.54) is 25.1 Å². The fraction of sp³-hybridized carbons (Fsp3) is 0.545. The van der Waals surface area contributed by atoms with Crippen LogP contribution >= 0.6 is 11.8 Å². The van der Waals surface area contributed by atoms with Crippen molar-refractivity contribution in [3.8, 4) is 0 Å². The first-order valence-corrected chi connectivity index (χ1v) is 6.05. The number of hydrogen-bond acceptors (Lipinski definition) is 5. The number of rotatable bonds is 5. The zero-order chi connectivity index (χ0) is 12.1. The highest BCUT2D eigenvalue weighted by molar-refractivity contribution is 7.99. The molecular formula is C11H16O4S. The fourth-order valence-corrected chi connectivity index (χ4v) is 2.01. The highest BCUT2D eigenvalue weighted by atomic mass is 32.2. The molecule has 1 aromatic heterocycles. The van der Waals surface area contributed by atoms with E-state index < -0.39 is 5.97 Å². The van der Waals surface area contributed by atoms with Gasteiger partial charge in [0.15, 0.2) is 0 Å². The van der Waals surface area contributed by atoms with Gasteiger partial charge in [0, 0.05) is 5.25 Å². The van der Waals surface area contributed by atoms with E-state index in [9.17, 15) is 9.90 Å². The molecule has 0 aliphatic carbocycles. The molecule has 4 nitrogen and oxygen atoms in total. The molecule has 0 aromatic carbocycles. The number of methoxy groups -OCH3 is 1. The number of hydrogen-bond donors (Lipinski definition) is 1. The maximum atomic E-state index is 11.3. The van der Waals surface area contributed by atoms with Gasteiger partial charge in [-0.3, -0.25) is 0 Å². The molecule has 0 saturated heterocycles. The van der Waals surface area contributed by atoms with Gasteiger partial charge < -0.3 is 14.3 Å². The van der Waals surface area contributed by atoms with Gasteiger partial charge in [-0.2, -0.15) is 0 Å². The molecule has 1 aromatic rings. The molecule has 0 radical (unpaired) electrons. The zero-order valence-corrected chi connectivity index (χ0v) is 10.4. The molecule has 0 saturated carbocycles. The van der Waals surface area contributed by atoms with Crippen molar-refractivity contribution in [3.05, 3.63) is 23.7 Å². The first kappa shape index (κ1) is 13.1. The Labute approximate surface area is 99.0 Å². The monoisotopic (exact) mass is 244 g/mol. The van der Waals surface area contributed by atoms with E-state index in [0.717, 1.165) is 0 Å². The van der Waals surface area contributed by atoms with Crippen molar-refractivity contribution in [2.75, 3.05) is 7.11 Å². The van der Waals surface area contributed by atoms with Crippen LogP contribution in [0.25, 0.3) is 0 Å². The summed E-state index contributed by atoms with van der Waals surface area (Å²) in [7, 11) is 1.34. The van der Waals surface area contributed by atoms with E-state index >= 15 is 0 Å². The normalized spacial score (nSPS) is 14.5. The van der Waals surface area contributed by atoms with Crippen molar-refractivity contribution in [3.63, 3.8) is 0 Å². The molecule has 1 N–H and O–H groups in total.